The van der Waals surface area contributed by atoms with Crippen molar-refractivity contribution >= 4 is 22.6 Å². The molecule has 2 atom stereocenters. The van der Waals surface area contributed by atoms with Gasteiger partial charge in [-0.2, -0.15) is 5.10 Å². The minimum absolute atomic E-state index is 0.0140. The highest BCUT2D eigenvalue weighted by Gasteiger charge is 2.47. The smallest absolute Gasteiger partial charge is 0.272 e. The lowest BCUT2D eigenvalue weighted by atomic mass is 9.96. The summed E-state index contributed by atoms with van der Waals surface area (Å²) in [4.78, 5) is 42.4. The summed E-state index contributed by atoms with van der Waals surface area (Å²) in [5.74, 6) is 0.167. The Bertz CT molecular complexity index is 1520. The highest BCUT2D eigenvalue weighted by Crippen LogP contribution is 2.38. The Morgan fingerprint density at radius 3 is 2.44 bits per heavy atom. The molecule has 4 aliphatic rings. The second kappa shape index (κ2) is 9.47. The summed E-state index contributed by atoms with van der Waals surface area (Å²) in [6.45, 7) is 0.876. The van der Waals surface area contributed by atoms with Crippen molar-refractivity contribution in [3.05, 3.63) is 69.4 Å². The first-order valence-electron chi connectivity index (χ1n) is 14.0. The third-order valence-corrected chi connectivity index (χ3v) is 8.78. The number of amides is 2. The van der Waals surface area contributed by atoms with Crippen molar-refractivity contribution in [2.24, 2.45) is 5.92 Å². The predicted octanol–water partition coefficient (Wildman–Crippen LogP) is 3.81. The van der Waals surface area contributed by atoms with E-state index in [-0.39, 0.29) is 47.0 Å². The van der Waals surface area contributed by atoms with E-state index in [1.807, 2.05) is 11.0 Å². The molecule has 1 N–H and O–H groups in total. The third-order valence-electron chi connectivity index (χ3n) is 8.78. The van der Waals surface area contributed by atoms with Gasteiger partial charge in [0.1, 0.15) is 11.6 Å². The van der Waals surface area contributed by atoms with Crippen LogP contribution in [0.1, 0.15) is 66.6 Å². The molecule has 3 heterocycles. The number of hydrogen-bond acceptors (Lipinski definition) is 5. The van der Waals surface area contributed by atoms with E-state index < -0.39 is 5.82 Å². The van der Waals surface area contributed by atoms with E-state index >= 15 is 0 Å². The molecule has 3 aromatic rings. The fourth-order valence-electron chi connectivity index (χ4n) is 6.27. The molecule has 7 rings (SSSR count). The third kappa shape index (κ3) is 4.47. The summed E-state index contributed by atoms with van der Waals surface area (Å²) >= 11 is 0. The number of piperazine rings is 1. The Balaban J connectivity index is 1.13. The van der Waals surface area contributed by atoms with Crippen LogP contribution in [0.2, 0.25) is 0 Å². The molecule has 0 spiro atoms. The number of ether oxygens (including phenoxy) is 1. The van der Waals surface area contributed by atoms with Crippen LogP contribution in [0.15, 0.2) is 41.2 Å². The molecule has 0 radical (unpaired) electrons. The van der Waals surface area contributed by atoms with Crippen molar-refractivity contribution in [3.63, 3.8) is 0 Å². The molecule has 2 aliphatic heterocycles. The van der Waals surface area contributed by atoms with Gasteiger partial charge in [0.25, 0.3) is 11.5 Å². The number of nitrogens with one attached hydrogen (secondary N) is 1. The zero-order valence-corrected chi connectivity index (χ0v) is 21.7. The average Bonchev–Trinajstić information content (AvgIpc) is 3.73. The number of halogens is 1. The largest absolute Gasteiger partial charge is 0.490 e. The molecule has 2 saturated carbocycles. The van der Waals surface area contributed by atoms with Gasteiger partial charge in [-0.25, -0.2) is 9.49 Å². The van der Waals surface area contributed by atoms with Gasteiger partial charge in [0.05, 0.1) is 22.7 Å². The normalized spacial score (nSPS) is 22.7. The summed E-state index contributed by atoms with van der Waals surface area (Å²) in [5, 5.41) is 8.05. The quantitative estimate of drug-likeness (QED) is 0.523. The number of H-pyrrole nitrogens is 1. The van der Waals surface area contributed by atoms with Crippen molar-refractivity contribution < 1.29 is 18.7 Å². The second-order valence-electron chi connectivity index (χ2n) is 11.5. The molecule has 202 valence electrons. The van der Waals surface area contributed by atoms with Gasteiger partial charge >= 0.3 is 0 Å². The Morgan fingerprint density at radius 1 is 0.974 bits per heavy atom. The van der Waals surface area contributed by atoms with Gasteiger partial charge in [-0.05, 0) is 80.8 Å². The van der Waals surface area contributed by atoms with Crippen LogP contribution in [0.25, 0.3) is 10.8 Å². The molecule has 8 nitrogen and oxygen atoms in total. The van der Waals surface area contributed by atoms with Crippen LogP contribution in [0.4, 0.5) is 4.39 Å². The molecular weight excluding hydrogens is 499 g/mol. The maximum atomic E-state index is 15.0. The van der Waals surface area contributed by atoms with Crippen molar-refractivity contribution in [1.29, 1.82) is 0 Å². The van der Waals surface area contributed by atoms with Crippen molar-refractivity contribution in [3.8, 4) is 5.75 Å². The van der Waals surface area contributed by atoms with E-state index in [9.17, 15) is 18.8 Å². The van der Waals surface area contributed by atoms with Crippen LogP contribution in [0.3, 0.4) is 0 Å². The van der Waals surface area contributed by atoms with Gasteiger partial charge in [0.2, 0.25) is 5.91 Å². The Kier molecular flexibility index (Phi) is 5.90. The van der Waals surface area contributed by atoms with Crippen LogP contribution in [0, 0.1) is 11.7 Å². The number of aromatic nitrogens is 2. The minimum Gasteiger partial charge on any atom is -0.490 e. The summed E-state index contributed by atoms with van der Waals surface area (Å²) in [7, 11) is 0. The lowest BCUT2D eigenvalue weighted by Gasteiger charge is -2.41. The molecule has 2 aliphatic carbocycles. The van der Waals surface area contributed by atoms with Crippen LogP contribution in [-0.4, -0.2) is 63.1 Å². The highest BCUT2D eigenvalue weighted by atomic mass is 19.1. The minimum atomic E-state index is -0.567. The maximum Gasteiger partial charge on any atom is 0.272 e. The first-order valence-corrected chi connectivity index (χ1v) is 14.0. The Labute approximate surface area is 225 Å². The molecule has 2 bridgehead atoms. The maximum absolute atomic E-state index is 15.0. The molecule has 9 heteroatoms. The van der Waals surface area contributed by atoms with Gasteiger partial charge in [0.15, 0.2) is 0 Å². The Morgan fingerprint density at radius 2 is 1.74 bits per heavy atom. The first kappa shape index (κ1) is 24.3. The van der Waals surface area contributed by atoms with Crippen LogP contribution in [-0.2, 0) is 11.2 Å². The zero-order valence-electron chi connectivity index (χ0n) is 21.7. The monoisotopic (exact) mass is 530 g/mol. The highest BCUT2D eigenvalue weighted by molar-refractivity contribution is 5.95. The fraction of sp³-hybridized carbons (Fsp3) is 0.467. The van der Waals surface area contributed by atoms with Gasteiger partial charge in [-0.3, -0.25) is 14.4 Å². The number of carbonyl (C=O) groups excluding carboxylic acids is 2. The van der Waals surface area contributed by atoms with Gasteiger partial charge in [-0.1, -0.05) is 6.07 Å². The van der Waals surface area contributed by atoms with E-state index in [1.165, 1.54) is 6.07 Å². The molecule has 4 fully saturated rings. The number of aromatic amines is 1. The second-order valence-corrected chi connectivity index (χ2v) is 11.5. The van der Waals surface area contributed by atoms with E-state index in [0.29, 0.717) is 41.7 Å². The van der Waals surface area contributed by atoms with E-state index in [4.69, 9.17) is 4.74 Å². The number of likely N-dealkylation sites (tertiary alicyclic amines) is 1. The lowest BCUT2D eigenvalue weighted by Crippen LogP contribution is -2.57. The SMILES string of the molecule is O=C(c1cc(Cc2n[nH]c(=O)c3ccc(OC4CCC4)cc23)ccc1F)N1CC2CC[C@@H](C1)N2C(=O)C1CC1. The molecule has 2 amide bonds. The fourth-order valence-corrected chi connectivity index (χ4v) is 6.27. The summed E-state index contributed by atoms with van der Waals surface area (Å²) in [6.07, 6.45) is 7.42. The molecule has 1 unspecified atom stereocenters. The molecule has 2 saturated heterocycles. The van der Waals surface area contributed by atoms with Gasteiger partial charge < -0.3 is 14.5 Å². The number of carbonyl (C=O) groups is 2. The topological polar surface area (TPSA) is 95.6 Å². The van der Waals surface area contributed by atoms with Crippen LogP contribution >= 0.6 is 0 Å². The van der Waals surface area contributed by atoms with Crippen molar-refractivity contribution in [2.45, 2.75) is 69.6 Å². The Hall–Kier alpha value is -3.75. The number of benzene rings is 2. The zero-order chi connectivity index (χ0) is 26.7. The number of fused-ring (bicyclic) bond motifs is 3. The number of nitrogens with zero attached hydrogens (tertiary/aromatic N) is 3. The molecule has 1 aromatic heterocycles. The van der Waals surface area contributed by atoms with Crippen molar-refractivity contribution in [2.75, 3.05) is 13.1 Å². The number of hydrogen-bond donors (Lipinski definition) is 1. The lowest BCUT2D eigenvalue weighted by molar-refractivity contribution is -0.137. The molecular formula is C30H31FN4O4. The predicted molar refractivity (Wildman–Crippen MR) is 142 cm³/mol. The summed E-state index contributed by atoms with van der Waals surface area (Å²) in [5.41, 5.74) is 1.08. The molecule has 39 heavy (non-hydrogen) atoms. The van der Waals surface area contributed by atoms with E-state index in [2.05, 4.69) is 10.2 Å². The van der Waals surface area contributed by atoms with Crippen molar-refractivity contribution in [1.82, 2.24) is 20.0 Å². The summed E-state index contributed by atoms with van der Waals surface area (Å²) < 4.78 is 21.0. The molecule has 2 aromatic carbocycles. The van der Waals surface area contributed by atoms with Crippen LogP contribution in [0.5, 0.6) is 5.75 Å². The number of rotatable bonds is 6. The summed E-state index contributed by atoms with van der Waals surface area (Å²) in [6, 6.07) is 9.99. The van der Waals surface area contributed by atoms with Crippen LogP contribution < -0.4 is 10.3 Å². The standard InChI is InChI=1S/C30H31FN4O4/c31-26-11-4-17(13-27-24-14-22(39-21-2-1-3-21)9-10-23(24)28(36)33-32-27)12-25(26)30(38)34-15-19-7-8-20(16-34)35(19)29(37)18-5-6-18/h4,9-12,14,18-21H,1-3,5-8,13,15-16H2,(H,33,36)/t19-,20?/m0/s1. The average molecular weight is 531 g/mol. The van der Waals surface area contributed by atoms with E-state index in [0.717, 1.165) is 50.5 Å². The van der Waals surface area contributed by atoms with Gasteiger partial charge in [0, 0.05) is 42.9 Å². The first-order chi connectivity index (χ1) is 18.9. The van der Waals surface area contributed by atoms with Gasteiger partial charge in [-0.15, -0.1) is 0 Å². The van der Waals surface area contributed by atoms with E-state index in [1.54, 1.807) is 29.2 Å².